The van der Waals surface area contributed by atoms with Crippen LogP contribution in [0.4, 0.5) is 4.79 Å². The van der Waals surface area contributed by atoms with Crippen LogP contribution in [0.3, 0.4) is 0 Å². The Morgan fingerprint density at radius 1 is 1.37 bits per heavy atom. The van der Waals surface area contributed by atoms with E-state index in [9.17, 15) is 14.7 Å². The molecule has 0 bridgehead atoms. The summed E-state index contributed by atoms with van der Waals surface area (Å²) in [4.78, 5) is 23.2. The van der Waals surface area contributed by atoms with E-state index in [2.05, 4.69) is 17.6 Å². The van der Waals surface area contributed by atoms with Crippen molar-refractivity contribution in [3.63, 3.8) is 0 Å². The predicted molar refractivity (Wildman–Crippen MR) is 74.0 cm³/mol. The second-order valence-corrected chi connectivity index (χ2v) is 5.95. The van der Waals surface area contributed by atoms with Gasteiger partial charge in [0.15, 0.2) is 0 Å². The van der Waals surface area contributed by atoms with Crippen LogP contribution in [0.2, 0.25) is 0 Å². The third kappa shape index (κ3) is 4.73. The number of urea groups is 1. The summed E-state index contributed by atoms with van der Waals surface area (Å²) in [7, 11) is 0. The standard InChI is InChI=1S/C14H26N2O3/c1-4-8-14(3,12(17)18)16-13(19)15-11-7-5-6-10(2)9-11/h10-11H,4-9H2,1-3H3,(H,17,18)(H2,15,16,19). The summed E-state index contributed by atoms with van der Waals surface area (Å²) in [5, 5.41) is 14.7. The maximum atomic E-state index is 11.9. The highest BCUT2D eigenvalue weighted by molar-refractivity contribution is 5.85. The van der Waals surface area contributed by atoms with E-state index in [1.165, 1.54) is 6.42 Å². The van der Waals surface area contributed by atoms with Crippen LogP contribution in [-0.2, 0) is 4.79 Å². The van der Waals surface area contributed by atoms with Gasteiger partial charge in [-0.15, -0.1) is 0 Å². The van der Waals surface area contributed by atoms with Crippen molar-refractivity contribution >= 4 is 12.0 Å². The van der Waals surface area contributed by atoms with Gasteiger partial charge >= 0.3 is 12.0 Å². The predicted octanol–water partition coefficient (Wildman–Crippen LogP) is 2.51. The van der Waals surface area contributed by atoms with Crippen molar-refractivity contribution in [1.29, 1.82) is 0 Å². The minimum Gasteiger partial charge on any atom is -0.480 e. The third-order valence-electron chi connectivity index (χ3n) is 3.88. The summed E-state index contributed by atoms with van der Waals surface area (Å²) < 4.78 is 0. The van der Waals surface area contributed by atoms with Gasteiger partial charge in [-0.05, 0) is 32.1 Å². The van der Waals surface area contributed by atoms with Gasteiger partial charge in [0.25, 0.3) is 0 Å². The van der Waals surface area contributed by atoms with Crippen LogP contribution >= 0.6 is 0 Å². The van der Waals surface area contributed by atoms with Crippen LogP contribution in [0.1, 0.15) is 59.3 Å². The first kappa shape index (κ1) is 15.8. The number of amides is 2. The zero-order chi connectivity index (χ0) is 14.5. The number of rotatable bonds is 5. The Morgan fingerprint density at radius 3 is 2.58 bits per heavy atom. The number of aliphatic carboxylic acids is 1. The molecule has 5 nitrogen and oxygen atoms in total. The average Bonchev–Trinajstić information content (AvgIpc) is 2.28. The zero-order valence-corrected chi connectivity index (χ0v) is 12.2. The lowest BCUT2D eigenvalue weighted by Gasteiger charge is -2.30. The first-order chi connectivity index (χ1) is 8.87. The Bertz CT molecular complexity index is 333. The number of carboxylic acid groups (broad SMARTS) is 1. The fraction of sp³-hybridized carbons (Fsp3) is 0.857. The Labute approximate surface area is 115 Å². The molecular formula is C14H26N2O3. The van der Waals surface area contributed by atoms with Gasteiger partial charge in [0.1, 0.15) is 5.54 Å². The molecule has 3 atom stereocenters. The summed E-state index contributed by atoms with van der Waals surface area (Å²) >= 11 is 0. The van der Waals surface area contributed by atoms with Crippen LogP contribution in [-0.4, -0.2) is 28.7 Å². The van der Waals surface area contributed by atoms with Crippen molar-refractivity contribution in [1.82, 2.24) is 10.6 Å². The number of nitrogens with one attached hydrogen (secondary N) is 2. The van der Waals surface area contributed by atoms with Crippen molar-refractivity contribution in [2.45, 2.75) is 70.9 Å². The molecule has 1 aliphatic carbocycles. The summed E-state index contributed by atoms with van der Waals surface area (Å²) in [5.41, 5.74) is -1.18. The van der Waals surface area contributed by atoms with Crippen LogP contribution in [0.5, 0.6) is 0 Å². The Morgan fingerprint density at radius 2 is 2.05 bits per heavy atom. The second kappa shape index (κ2) is 6.78. The van der Waals surface area contributed by atoms with Crippen molar-refractivity contribution in [3.05, 3.63) is 0 Å². The van der Waals surface area contributed by atoms with E-state index >= 15 is 0 Å². The molecule has 19 heavy (non-hydrogen) atoms. The first-order valence-electron chi connectivity index (χ1n) is 7.19. The average molecular weight is 270 g/mol. The van der Waals surface area contributed by atoms with E-state index < -0.39 is 11.5 Å². The molecule has 0 aromatic heterocycles. The number of carboxylic acids is 1. The molecule has 1 fully saturated rings. The molecule has 0 aliphatic heterocycles. The normalized spacial score (nSPS) is 26.3. The molecule has 1 saturated carbocycles. The number of hydrogen-bond acceptors (Lipinski definition) is 2. The lowest BCUT2D eigenvalue weighted by atomic mass is 9.87. The molecule has 1 aliphatic rings. The van der Waals surface area contributed by atoms with Gasteiger partial charge in [-0.25, -0.2) is 9.59 Å². The minimum atomic E-state index is -1.18. The Balaban J connectivity index is 2.50. The molecule has 5 heteroatoms. The fourth-order valence-corrected chi connectivity index (χ4v) is 2.76. The summed E-state index contributed by atoms with van der Waals surface area (Å²) in [6.07, 6.45) is 5.43. The number of carbonyl (C=O) groups is 2. The van der Waals surface area contributed by atoms with Crippen molar-refractivity contribution in [2.75, 3.05) is 0 Å². The van der Waals surface area contributed by atoms with Crippen LogP contribution in [0.25, 0.3) is 0 Å². The van der Waals surface area contributed by atoms with Gasteiger partial charge in [0.05, 0.1) is 0 Å². The molecule has 3 N–H and O–H groups in total. The van der Waals surface area contributed by atoms with Crippen molar-refractivity contribution in [2.24, 2.45) is 5.92 Å². The highest BCUT2D eigenvalue weighted by Gasteiger charge is 2.34. The fourth-order valence-electron chi connectivity index (χ4n) is 2.76. The largest absolute Gasteiger partial charge is 0.480 e. The van der Waals surface area contributed by atoms with Crippen LogP contribution < -0.4 is 10.6 Å². The van der Waals surface area contributed by atoms with Crippen molar-refractivity contribution in [3.8, 4) is 0 Å². The lowest BCUT2D eigenvalue weighted by molar-refractivity contribution is -0.144. The van der Waals surface area contributed by atoms with Gasteiger partial charge in [0, 0.05) is 6.04 Å². The molecule has 0 spiro atoms. The van der Waals surface area contributed by atoms with E-state index in [0.29, 0.717) is 18.8 Å². The monoisotopic (exact) mass is 270 g/mol. The number of carbonyl (C=O) groups excluding carboxylic acids is 1. The molecule has 110 valence electrons. The van der Waals surface area contributed by atoms with E-state index in [1.54, 1.807) is 6.92 Å². The highest BCUT2D eigenvalue weighted by atomic mass is 16.4. The Kier molecular flexibility index (Phi) is 5.63. The molecule has 0 aromatic carbocycles. The summed E-state index contributed by atoms with van der Waals surface area (Å²) in [5.74, 6) is -0.359. The van der Waals surface area contributed by atoms with Gasteiger partial charge in [-0.2, -0.15) is 0 Å². The van der Waals surface area contributed by atoms with Gasteiger partial charge in [0.2, 0.25) is 0 Å². The quantitative estimate of drug-likeness (QED) is 0.718. The Hall–Kier alpha value is -1.26. The van der Waals surface area contributed by atoms with Crippen LogP contribution in [0, 0.1) is 5.92 Å². The SMILES string of the molecule is CCCC(C)(NC(=O)NC1CCCC(C)C1)C(=O)O. The zero-order valence-electron chi connectivity index (χ0n) is 12.2. The molecule has 0 aromatic rings. The van der Waals surface area contributed by atoms with E-state index in [0.717, 1.165) is 19.3 Å². The van der Waals surface area contributed by atoms with E-state index in [1.807, 2.05) is 6.92 Å². The maximum Gasteiger partial charge on any atom is 0.329 e. The molecule has 2 amide bonds. The lowest BCUT2D eigenvalue weighted by Crippen LogP contribution is -2.56. The number of hydrogen-bond donors (Lipinski definition) is 3. The highest BCUT2D eigenvalue weighted by Crippen LogP contribution is 2.23. The second-order valence-electron chi connectivity index (χ2n) is 5.95. The third-order valence-corrected chi connectivity index (χ3v) is 3.88. The van der Waals surface area contributed by atoms with E-state index in [4.69, 9.17) is 0 Å². The summed E-state index contributed by atoms with van der Waals surface area (Å²) in [6, 6.07) is -0.194. The maximum absolute atomic E-state index is 11.9. The first-order valence-corrected chi connectivity index (χ1v) is 7.19. The molecule has 1 rings (SSSR count). The topological polar surface area (TPSA) is 78.4 Å². The van der Waals surface area contributed by atoms with Gasteiger partial charge in [-0.3, -0.25) is 0 Å². The molecule has 3 unspecified atom stereocenters. The molecule has 0 saturated heterocycles. The summed E-state index contributed by atoms with van der Waals surface area (Å²) in [6.45, 7) is 5.65. The molecule has 0 heterocycles. The smallest absolute Gasteiger partial charge is 0.329 e. The van der Waals surface area contributed by atoms with Gasteiger partial charge in [-0.1, -0.05) is 33.1 Å². The minimum absolute atomic E-state index is 0.170. The van der Waals surface area contributed by atoms with Gasteiger partial charge < -0.3 is 15.7 Å². The molecule has 0 radical (unpaired) electrons. The van der Waals surface area contributed by atoms with Crippen molar-refractivity contribution < 1.29 is 14.7 Å². The molecular weight excluding hydrogens is 244 g/mol. The van der Waals surface area contributed by atoms with E-state index in [-0.39, 0.29) is 12.1 Å². The van der Waals surface area contributed by atoms with Crippen LogP contribution in [0.15, 0.2) is 0 Å².